The van der Waals surface area contributed by atoms with Crippen LogP contribution >= 0.6 is 11.6 Å². The van der Waals surface area contributed by atoms with Crippen molar-refractivity contribution in [3.8, 4) is 0 Å². The fraction of sp³-hybridized carbons (Fsp3) is 0.111. The summed E-state index contributed by atoms with van der Waals surface area (Å²) in [6.45, 7) is 0. The van der Waals surface area contributed by atoms with Crippen molar-refractivity contribution in [3.05, 3.63) is 28.9 Å². The van der Waals surface area contributed by atoms with E-state index in [2.05, 4.69) is 9.97 Å². The molecule has 2 N–H and O–H groups in total. The van der Waals surface area contributed by atoms with Crippen molar-refractivity contribution in [2.24, 2.45) is 0 Å². The Labute approximate surface area is 93.1 Å². The van der Waals surface area contributed by atoms with E-state index in [4.69, 9.17) is 17.3 Å². The topological polar surface area (TPSA) is 51.8 Å². The first-order valence-electron chi connectivity index (χ1n) is 4.18. The van der Waals surface area contributed by atoms with Crippen LogP contribution in [-0.4, -0.2) is 9.97 Å². The van der Waals surface area contributed by atoms with E-state index in [-0.39, 0.29) is 15.9 Å². The second kappa shape index (κ2) is 3.48. The lowest BCUT2D eigenvalue weighted by atomic mass is 10.2. The number of hydrogen-bond acceptors (Lipinski definition) is 3. The number of rotatable bonds is 0. The highest BCUT2D eigenvalue weighted by molar-refractivity contribution is 6.31. The highest BCUT2D eigenvalue weighted by Gasteiger charge is 2.35. The molecule has 7 heteroatoms. The van der Waals surface area contributed by atoms with Crippen LogP contribution in [0.3, 0.4) is 0 Å². The maximum absolute atomic E-state index is 12.6. The highest BCUT2D eigenvalue weighted by atomic mass is 35.5. The van der Waals surface area contributed by atoms with Gasteiger partial charge in [0.15, 0.2) is 5.69 Å². The number of hydrogen-bond donors (Lipinski definition) is 1. The Morgan fingerprint density at radius 3 is 2.50 bits per heavy atom. The highest BCUT2D eigenvalue weighted by Crippen LogP contribution is 2.34. The molecule has 0 amide bonds. The molecular formula is C9H5ClF3N3. The first-order valence-corrected chi connectivity index (χ1v) is 4.56. The van der Waals surface area contributed by atoms with Crippen LogP contribution in [0.1, 0.15) is 5.69 Å². The van der Waals surface area contributed by atoms with Crippen LogP contribution < -0.4 is 5.73 Å². The molecule has 2 rings (SSSR count). The Balaban J connectivity index is 2.85. The first-order chi connectivity index (χ1) is 7.38. The van der Waals surface area contributed by atoms with Gasteiger partial charge in [0.25, 0.3) is 0 Å². The van der Waals surface area contributed by atoms with E-state index in [1.54, 1.807) is 0 Å². The van der Waals surface area contributed by atoms with Crippen LogP contribution in [0.4, 0.5) is 19.1 Å². The summed E-state index contributed by atoms with van der Waals surface area (Å²) < 4.78 is 37.9. The molecule has 0 unspecified atom stereocenters. The monoisotopic (exact) mass is 247 g/mol. The maximum Gasteiger partial charge on any atom is 0.434 e. The molecule has 0 aliphatic carbocycles. The van der Waals surface area contributed by atoms with E-state index < -0.39 is 17.8 Å². The van der Waals surface area contributed by atoms with Crippen LogP contribution in [-0.2, 0) is 6.18 Å². The van der Waals surface area contributed by atoms with Gasteiger partial charge < -0.3 is 5.73 Å². The van der Waals surface area contributed by atoms with Gasteiger partial charge in [-0.15, -0.1) is 0 Å². The average molecular weight is 248 g/mol. The lowest BCUT2D eigenvalue weighted by molar-refractivity contribution is -0.139. The lowest BCUT2D eigenvalue weighted by Crippen LogP contribution is -2.11. The second-order valence-corrected chi connectivity index (χ2v) is 3.53. The van der Waals surface area contributed by atoms with Crippen LogP contribution in [0, 0.1) is 0 Å². The number of alkyl halides is 3. The summed E-state index contributed by atoms with van der Waals surface area (Å²) in [6, 6.07) is 3.97. The number of benzene rings is 1. The molecule has 0 atom stereocenters. The zero-order valence-electron chi connectivity index (χ0n) is 7.72. The normalized spacial score (nSPS) is 12.0. The molecule has 1 aromatic heterocycles. The number of halogens is 4. The largest absolute Gasteiger partial charge is 0.434 e. The van der Waals surface area contributed by atoms with Crippen molar-refractivity contribution < 1.29 is 13.2 Å². The van der Waals surface area contributed by atoms with E-state index >= 15 is 0 Å². The molecule has 1 aromatic carbocycles. The van der Waals surface area contributed by atoms with E-state index in [0.717, 1.165) is 0 Å². The van der Waals surface area contributed by atoms with Gasteiger partial charge in [0.2, 0.25) is 5.95 Å². The minimum absolute atomic E-state index is 0.115. The van der Waals surface area contributed by atoms with Gasteiger partial charge in [0.1, 0.15) is 0 Å². The van der Waals surface area contributed by atoms with Crippen molar-refractivity contribution >= 4 is 28.5 Å². The Bertz CT molecular complexity index is 553. The maximum atomic E-state index is 12.6. The molecule has 0 aliphatic rings. The SMILES string of the molecule is Nc1nc(C(F)(F)F)c2cc(Cl)ccc2n1. The van der Waals surface area contributed by atoms with Crippen molar-refractivity contribution in [1.82, 2.24) is 9.97 Å². The third kappa shape index (κ3) is 1.88. The molecule has 0 saturated carbocycles. The summed E-state index contributed by atoms with van der Waals surface area (Å²) >= 11 is 5.63. The molecule has 16 heavy (non-hydrogen) atoms. The van der Waals surface area contributed by atoms with Gasteiger partial charge in [-0.3, -0.25) is 0 Å². The lowest BCUT2D eigenvalue weighted by Gasteiger charge is -2.09. The smallest absolute Gasteiger partial charge is 0.368 e. The van der Waals surface area contributed by atoms with Gasteiger partial charge in [-0.1, -0.05) is 11.6 Å². The van der Waals surface area contributed by atoms with Gasteiger partial charge in [0, 0.05) is 10.4 Å². The second-order valence-electron chi connectivity index (χ2n) is 3.09. The third-order valence-electron chi connectivity index (χ3n) is 1.94. The van der Waals surface area contributed by atoms with Crippen molar-refractivity contribution in [2.45, 2.75) is 6.18 Å². The fourth-order valence-electron chi connectivity index (χ4n) is 1.33. The molecule has 0 spiro atoms. The van der Waals surface area contributed by atoms with E-state index in [9.17, 15) is 13.2 Å². The van der Waals surface area contributed by atoms with Crippen molar-refractivity contribution in [1.29, 1.82) is 0 Å². The zero-order chi connectivity index (χ0) is 11.9. The van der Waals surface area contributed by atoms with Crippen LogP contribution in [0.15, 0.2) is 18.2 Å². The molecule has 2 aromatic rings. The van der Waals surface area contributed by atoms with Gasteiger partial charge in [-0.25, -0.2) is 9.97 Å². The summed E-state index contributed by atoms with van der Waals surface area (Å²) in [5.41, 5.74) is 4.25. The summed E-state index contributed by atoms with van der Waals surface area (Å²) in [6.07, 6.45) is -4.58. The molecule has 0 radical (unpaired) electrons. The molecule has 0 aliphatic heterocycles. The van der Waals surface area contributed by atoms with E-state index in [0.29, 0.717) is 0 Å². The number of anilines is 1. The Morgan fingerprint density at radius 1 is 1.19 bits per heavy atom. The molecule has 0 bridgehead atoms. The summed E-state index contributed by atoms with van der Waals surface area (Å²) in [7, 11) is 0. The Morgan fingerprint density at radius 2 is 1.88 bits per heavy atom. The number of nitrogens with zero attached hydrogens (tertiary/aromatic N) is 2. The van der Waals surface area contributed by atoms with Gasteiger partial charge in [0.05, 0.1) is 5.52 Å². The number of aromatic nitrogens is 2. The summed E-state index contributed by atoms with van der Waals surface area (Å²) in [4.78, 5) is 6.90. The fourth-order valence-corrected chi connectivity index (χ4v) is 1.51. The van der Waals surface area contributed by atoms with Gasteiger partial charge in [-0.05, 0) is 18.2 Å². The van der Waals surface area contributed by atoms with Crippen molar-refractivity contribution in [2.75, 3.05) is 5.73 Å². The van der Waals surface area contributed by atoms with Gasteiger partial charge >= 0.3 is 6.18 Å². The zero-order valence-corrected chi connectivity index (χ0v) is 8.47. The molecular weight excluding hydrogens is 243 g/mol. The number of nitrogen functional groups attached to an aromatic ring is 1. The first kappa shape index (κ1) is 10.9. The van der Waals surface area contributed by atoms with Gasteiger partial charge in [-0.2, -0.15) is 13.2 Å². The van der Waals surface area contributed by atoms with Crippen LogP contribution in [0.5, 0.6) is 0 Å². The molecule has 1 heterocycles. The minimum atomic E-state index is -4.58. The van der Waals surface area contributed by atoms with E-state index in [1.807, 2.05) is 0 Å². The molecule has 0 saturated heterocycles. The van der Waals surface area contributed by atoms with Crippen LogP contribution in [0.25, 0.3) is 10.9 Å². The third-order valence-corrected chi connectivity index (χ3v) is 2.18. The minimum Gasteiger partial charge on any atom is -0.368 e. The average Bonchev–Trinajstić information content (AvgIpc) is 2.16. The molecule has 3 nitrogen and oxygen atoms in total. The van der Waals surface area contributed by atoms with E-state index in [1.165, 1.54) is 18.2 Å². The molecule has 0 fully saturated rings. The predicted molar refractivity (Wildman–Crippen MR) is 54.0 cm³/mol. The Hall–Kier alpha value is -1.56. The van der Waals surface area contributed by atoms with Crippen molar-refractivity contribution in [3.63, 3.8) is 0 Å². The number of nitrogens with two attached hydrogens (primary N) is 1. The number of fused-ring (bicyclic) bond motifs is 1. The standard InChI is InChI=1S/C9H5ClF3N3/c10-4-1-2-6-5(3-4)7(9(11,12)13)16-8(14)15-6/h1-3H,(H2,14,15,16). The van der Waals surface area contributed by atoms with Crippen LogP contribution in [0.2, 0.25) is 5.02 Å². The summed E-state index contributed by atoms with van der Waals surface area (Å²) in [5.74, 6) is -0.415. The predicted octanol–water partition coefficient (Wildman–Crippen LogP) is 2.88. The Kier molecular flexibility index (Phi) is 2.38. The summed E-state index contributed by atoms with van der Waals surface area (Å²) in [5, 5.41) is 0.0283. The molecule has 84 valence electrons. The quantitative estimate of drug-likeness (QED) is 0.779.